The quantitative estimate of drug-likeness (QED) is 0.192. The zero-order chi connectivity index (χ0) is 23.5. The number of hydrogen-bond acceptors (Lipinski definition) is 6. The highest BCUT2D eigenvalue weighted by Gasteiger charge is 2.37. The highest BCUT2D eigenvalue weighted by atomic mass is 79.9. The van der Waals surface area contributed by atoms with E-state index in [1.165, 1.54) is 12.1 Å². The second-order valence-electron chi connectivity index (χ2n) is 6.87. The van der Waals surface area contributed by atoms with Gasteiger partial charge in [-0.15, -0.1) is 0 Å². The molecule has 1 fully saturated rings. The summed E-state index contributed by atoms with van der Waals surface area (Å²) < 4.78 is 6.40. The summed E-state index contributed by atoms with van der Waals surface area (Å²) >= 11 is 10.4. The fourth-order valence-corrected chi connectivity index (χ4v) is 4.67. The lowest BCUT2D eigenvalue weighted by atomic mass is 10.2. The van der Waals surface area contributed by atoms with Crippen LogP contribution in [0.25, 0.3) is 6.08 Å². The van der Waals surface area contributed by atoms with E-state index >= 15 is 0 Å². The zero-order valence-electron chi connectivity index (χ0n) is 16.7. The number of carbonyl (C=O) groups excluding carboxylic acids is 2. The molecule has 0 bridgehead atoms. The summed E-state index contributed by atoms with van der Waals surface area (Å²) in [5, 5.41) is 10.8. The Bertz CT molecular complexity index is 1310. The number of ether oxygens (including phenoxy) is 1. The number of anilines is 1. The van der Waals surface area contributed by atoms with Crippen molar-refractivity contribution in [3.63, 3.8) is 0 Å². The number of nitrogens with zero attached hydrogens (tertiary/aromatic N) is 2. The van der Waals surface area contributed by atoms with Crippen LogP contribution in [0.1, 0.15) is 11.1 Å². The van der Waals surface area contributed by atoms with Crippen molar-refractivity contribution in [2.24, 2.45) is 0 Å². The maximum atomic E-state index is 12.8. The molecule has 2 amide bonds. The summed E-state index contributed by atoms with van der Waals surface area (Å²) in [5.74, 6) is 0.0862. The summed E-state index contributed by atoms with van der Waals surface area (Å²) in [6.45, 7) is 0.149. The lowest BCUT2D eigenvalue weighted by Crippen LogP contribution is -2.27. The number of amides is 2. The van der Waals surface area contributed by atoms with Crippen LogP contribution in [-0.4, -0.2) is 16.1 Å². The Morgan fingerprint density at radius 3 is 2.61 bits per heavy atom. The van der Waals surface area contributed by atoms with Gasteiger partial charge in [-0.3, -0.25) is 19.7 Å². The van der Waals surface area contributed by atoms with E-state index in [0.717, 1.165) is 16.7 Å². The third-order valence-corrected chi connectivity index (χ3v) is 6.47. The lowest BCUT2D eigenvalue weighted by molar-refractivity contribution is -0.384. The number of halogens is 2. The predicted octanol–water partition coefficient (Wildman–Crippen LogP) is 6.83. The number of hydrogen-bond donors (Lipinski definition) is 0. The first-order valence-electron chi connectivity index (χ1n) is 9.51. The Labute approximate surface area is 206 Å². The molecule has 0 saturated carbocycles. The first-order valence-corrected chi connectivity index (χ1v) is 11.5. The highest BCUT2D eigenvalue weighted by molar-refractivity contribution is 9.10. The Hall–Kier alpha value is -3.14. The van der Waals surface area contributed by atoms with Gasteiger partial charge in [-0.05, 0) is 69.2 Å². The van der Waals surface area contributed by atoms with Crippen LogP contribution in [0, 0.1) is 10.1 Å². The number of rotatable bonds is 6. The number of non-ortho nitro benzene ring substituents is 1. The van der Waals surface area contributed by atoms with Gasteiger partial charge in [0.15, 0.2) is 0 Å². The van der Waals surface area contributed by atoms with Gasteiger partial charge < -0.3 is 4.74 Å². The molecule has 4 rings (SSSR count). The minimum atomic E-state index is -0.457. The summed E-state index contributed by atoms with van der Waals surface area (Å²) in [6, 6.07) is 18.1. The monoisotopic (exact) mass is 544 g/mol. The van der Waals surface area contributed by atoms with E-state index in [2.05, 4.69) is 15.9 Å². The predicted molar refractivity (Wildman–Crippen MR) is 131 cm³/mol. The number of nitro groups is 1. The number of benzene rings is 3. The molecular formula is C23H14BrClN2O5S. The van der Waals surface area contributed by atoms with Crippen molar-refractivity contribution in [2.75, 3.05) is 4.90 Å². The standard InChI is InChI=1S/C23H14BrClN2O5S/c24-17-11-14(8-9-20(17)32-13-15-4-3-5-16(10-15)27(30)31)12-21-22(28)26(23(29)33-21)19-7-2-1-6-18(19)25/h1-12H,13H2/b21-12-. The van der Waals surface area contributed by atoms with Gasteiger partial charge in [-0.1, -0.05) is 41.9 Å². The molecule has 166 valence electrons. The van der Waals surface area contributed by atoms with Crippen LogP contribution in [0.15, 0.2) is 76.1 Å². The molecule has 0 N–H and O–H groups in total. The maximum absolute atomic E-state index is 12.8. The van der Waals surface area contributed by atoms with Gasteiger partial charge in [0, 0.05) is 12.1 Å². The van der Waals surface area contributed by atoms with E-state index in [4.69, 9.17) is 16.3 Å². The Kier molecular flexibility index (Phi) is 6.83. The normalized spacial score (nSPS) is 14.7. The number of thioether (sulfide) groups is 1. The Morgan fingerprint density at radius 1 is 1.09 bits per heavy atom. The van der Waals surface area contributed by atoms with E-state index in [-0.39, 0.29) is 17.2 Å². The van der Waals surface area contributed by atoms with Crippen LogP contribution in [0.5, 0.6) is 5.75 Å². The topological polar surface area (TPSA) is 89.7 Å². The molecule has 0 aliphatic carbocycles. The highest BCUT2D eigenvalue weighted by Crippen LogP contribution is 2.39. The molecule has 0 radical (unpaired) electrons. The van der Waals surface area contributed by atoms with E-state index in [9.17, 15) is 19.7 Å². The fraction of sp³-hybridized carbons (Fsp3) is 0.0435. The van der Waals surface area contributed by atoms with Crippen molar-refractivity contribution in [1.82, 2.24) is 0 Å². The molecular weight excluding hydrogens is 532 g/mol. The van der Waals surface area contributed by atoms with Gasteiger partial charge in [0.05, 0.1) is 25.0 Å². The lowest BCUT2D eigenvalue weighted by Gasteiger charge is -2.13. The molecule has 3 aromatic rings. The third-order valence-electron chi connectivity index (χ3n) is 4.66. The van der Waals surface area contributed by atoms with Crippen molar-refractivity contribution in [2.45, 2.75) is 6.61 Å². The second-order valence-corrected chi connectivity index (χ2v) is 9.13. The van der Waals surface area contributed by atoms with Gasteiger partial charge in [0.2, 0.25) is 0 Å². The fourth-order valence-electron chi connectivity index (χ4n) is 3.10. The van der Waals surface area contributed by atoms with Crippen molar-refractivity contribution >= 4 is 67.9 Å². The van der Waals surface area contributed by atoms with E-state index in [1.807, 2.05) is 0 Å². The minimum Gasteiger partial charge on any atom is -0.488 e. The largest absolute Gasteiger partial charge is 0.488 e. The SMILES string of the molecule is O=C1S/C(=C\c2ccc(OCc3cccc([N+](=O)[O-])c3)c(Br)c2)C(=O)N1c1ccccc1Cl. The van der Waals surface area contributed by atoms with Crippen LogP contribution in [0.4, 0.5) is 16.2 Å². The minimum absolute atomic E-state index is 0.00347. The Morgan fingerprint density at radius 2 is 1.88 bits per heavy atom. The van der Waals surface area contributed by atoms with E-state index < -0.39 is 16.1 Å². The molecule has 0 unspecified atom stereocenters. The van der Waals surface area contributed by atoms with Gasteiger partial charge in [0.25, 0.3) is 16.8 Å². The number of nitro benzene ring substituents is 1. The van der Waals surface area contributed by atoms with Crippen LogP contribution in [0.3, 0.4) is 0 Å². The number of imide groups is 1. The average Bonchev–Trinajstić information content (AvgIpc) is 3.06. The molecule has 33 heavy (non-hydrogen) atoms. The molecule has 1 aliphatic rings. The molecule has 0 aromatic heterocycles. The summed E-state index contributed by atoms with van der Waals surface area (Å²) in [4.78, 5) is 37.1. The van der Waals surface area contributed by atoms with Crippen LogP contribution >= 0.6 is 39.3 Å². The summed E-state index contributed by atoms with van der Waals surface area (Å²) in [5.41, 5.74) is 1.69. The molecule has 0 atom stereocenters. The van der Waals surface area contributed by atoms with Crippen molar-refractivity contribution < 1.29 is 19.2 Å². The smallest absolute Gasteiger partial charge is 0.298 e. The molecule has 1 saturated heterocycles. The first-order chi connectivity index (χ1) is 15.8. The van der Waals surface area contributed by atoms with Crippen molar-refractivity contribution in [3.05, 3.63) is 102 Å². The Balaban J connectivity index is 1.50. The first kappa shape index (κ1) is 23.0. The summed E-state index contributed by atoms with van der Waals surface area (Å²) in [6.07, 6.45) is 1.62. The summed E-state index contributed by atoms with van der Waals surface area (Å²) in [7, 11) is 0. The van der Waals surface area contributed by atoms with Crippen molar-refractivity contribution in [1.29, 1.82) is 0 Å². The van der Waals surface area contributed by atoms with Crippen LogP contribution in [0.2, 0.25) is 5.02 Å². The molecule has 0 spiro atoms. The van der Waals surface area contributed by atoms with Crippen LogP contribution < -0.4 is 9.64 Å². The van der Waals surface area contributed by atoms with Gasteiger partial charge in [0.1, 0.15) is 12.4 Å². The van der Waals surface area contributed by atoms with Gasteiger partial charge >= 0.3 is 0 Å². The van der Waals surface area contributed by atoms with E-state index in [0.29, 0.717) is 32.1 Å². The molecule has 7 nitrogen and oxygen atoms in total. The van der Waals surface area contributed by atoms with Crippen molar-refractivity contribution in [3.8, 4) is 5.75 Å². The number of carbonyl (C=O) groups is 2. The number of para-hydroxylation sites is 1. The maximum Gasteiger partial charge on any atom is 0.298 e. The van der Waals surface area contributed by atoms with E-state index in [1.54, 1.807) is 60.7 Å². The molecule has 1 aliphatic heterocycles. The van der Waals surface area contributed by atoms with Gasteiger partial charge in [-0.2, -0.15) is 0 Å². The second kappa shape index (κ2) is 9.78. The van der Waals surface area contributed by atoms with Crippen LogP contribution in [-0.2, 0) is 11.4 Å². The molecule has 3 aromatic carbocycles. The third kappa shape index (κ3) is 5.11. The zero-order valence-corrected chi connectivity index (χ0v) is 19.9. The average molecular weight is 546 g/mol. The molecule has 1 heterocycles. The molecule has 10 heteroatoms. The van der Waals surface area contributed by atoms with Gasteiger partial charge in [-0.25, -0.2) is 4.90 Å².